The molecule has 8 nitrogen and oxygen atoms in total. The number of rotatable bonds is 5. The molecule has 3 N–H and O–H groups in total. The summed E-state index contributed by atoms with van der Waals surface area (Å²) in [5.74, 6) is -0.285. The number of methoxy groups -OCH3 is 1. The Balaban J connectivity index is 1.74. The minimum Gasteiger partial charge on any atom is -0.459 e. The van der Waals surface area contributed by atoms with E-state index < -0.39 is 18.2 Å². The van der Waals surface area contributed by atoms with E-state index in [1.54, 1.807) is 41.8 Å². The highest BCUT2D eigenvalue weighted by atomic mass is 127. The van der Waals surface area contributed by atoms with Gasteiger partial charge in [-0.2, -0.15) is 0 Å². The lowest BCUT2D eigenvalue weighted by Gasteiger charge is -2.30. The maximum Gasteiger partial charge on any atom is 0.411 e. The number of anilines is 2. The van der Waals surface area contributed by atoms with Crippen LogP contribution in [0.1, 0.15) is 37.1 Å². The van der Waals surface area contributed by atoms with Gasteiger partial charge >= 0.3 is 6.09 Å². The lowest BCUT2D eigenvalue weighted by Crippen LogP contribution is -2.34. The molecule has 10 heteroatoms. The molecule has 192 valence electrons. The Morgan fingerprint density at radius 2 is 1.95 bits per heavy atom. The molecular formula is C27H25FIN3O5. The van der Waals surface area contributed by atoms with Gasteiger partial charge in [-0.3, -0.25) is 10.1 Å². The molecule has 2 heterocycles. The minimum absolute atomic E-state index is 0.0383. The Morgan fingerprint density at radius 1 is 1.19 bits per heavy atom. The van der Waals surface area contributed by atoms with Gasteiger partial charge in [-0.25, -0.2) is 9.18 Å². The Labute approximate surface area is 226 Å². The van der Waals surface area contributed by atoms with Gasteiger partial charge in [0, 0.05) is 32.1 Å². The van der Waals surface area contributed by atoms with Crippen molar-refractivity contribution >= 4 is 45.8 Å². The van der Waals surface area contributed by atoms with Crippen LogP contribution in [-0.4, -0.2) is 29.2 Å². The summed E-state index contributed by atoms with van der Waals surface area (Å²) >= 11 is 2.02. The second-order valence-electron chi connectivity index (χ2n) is 9.05. The van der Waals surface area contributed by atoms with E-state index in [0.29, 0.717) is 33.8 Å². The lowest BCUT2D eigenvalue weighted by molar-refractivity contribution is 0.0125. The van der Waals surface area contributed by atoms with E-state index in [0.717, 1.165) is 16.4 Å². The predicted molar refractivity (Wildman–Crippen MR) is 147 cm³/mol. The number of nitrogens with zero attached hydrogens (tertiary/aromatic N) is 1. The standard InChI is InChI=1S/C27H25FIN3O5/c1-13-23(31-20-10-7-16(29)12-19(20)28)22-24(37-26(13)34)21(14(2)32(25(22)33)18-8-9-18)15-5-4-6-17(11-15)30-27(35)36-3/h4-7,10-12,18,26,31,34H,8-9H2,1-3H3,(H,30,35). The number of aliphatic hydroxyl groups excluding tert-OH is 1. The first-order valence-electron chi connectivity index (χ1n) is 11.7. The van der Waals surface area contributed by atoms with Crippen LogP contribution >= 0.6 is 22.6 Å². The molecule has 37 heavy (non-hydrogen) atoms. The van der Waals surface area contributed by atoms with Crippen molar-refractivity contribution in [2.75, 3.05) is 17.7 Å². The van der Waals surface area contributed by atoms with Crippen molar-refractivity contribution in [1.82, 2.24) is 4.57 Å². The zero-order valence-corrected chi connectivity index (χ0v) is 22.6. The number of aliphatic hydroxyl groups is 1. The summed E-state index contributed by atoms with van der Waals surface area (Å²) in [6.45, 7) is 3.48. The molecule has 0 saturated heterocycles. The van der Waals surface area contributed by atoms with Crippen LogP contribution in [-0.2, 0) is 4.74 Å². The summed E-state index contributed by atoms with van der Waals surface area (Å²) in [6.07, 6.45) is -0.240. The van der Waals surface area contributed by atoms with Crippen LogP contribution in [0.4, 0.5) is 20.6 Å². The van der Waals surface area contributed by atoms with Crippen LogP contribution in [0.3, 0.4) is 0 Å². The number of amides is 1. The summed E-state index contributed by atoms with van der Waals surface area (Å²) in [5.41, 5.74) is 3.23. The number of aromatic nitrogens is 1. The van der Waals surface area contributed by atoms with Gasteiger partial charge in [-0.05, 0) is 85.2 Å². The topological polar surface area (TPSA) is 102 Å². The van der Waals surface area contributed by atoms with E-state index in [1.165, 1.54) is 13.2 Å². The third kappa shape index (κ3) is 4.71. The number of pyridine rings is 1. The zero-order chi connectivity index (χ0) is 26.4. The van der Waals surface area contributed by atoms with Crippen LogP contribution in [0.5, 0.6) is 5.75 Å². The SMILES string of the molecule is COC(=O)Nc1cccc(-c2c3c(c(=O)n(C4CC4)c2C)C(Nc2ccc(I)cc2F)=C(C)C(O)O3)c1. The number of ether oxygens (including phenoxy) is 2. The second kappa shape index (κ2) is 9.82. The van der Waals surface area contributed by atoms with Gasteiger partial charge in [-0.15, -0.1) is 0 Å². The van der Waals surface area contributed by atoms with E-state index in [-0.39, 0.29) is 28.6 Å². The molecule has 0 spiro atoms. The van der Waals surface area contributed by atoms with E-state index in [1.807, 2.05) is 35.6 Å². The van der Waals surface area contributed by atoms with Crippen LogP contribution in [0, 0.1) is 16.3 Å². The Kier molecular flexibility index (Phi) is 6.71. The average Bonchev–Trinajstić information content (AvgIpc) is 3.69. The fourth-order valence-corrected chi connectivity index (χ4v) is 5.01. The van der Waals surface area contributed by atoms with Gasteiger partial charge in [0.2, 0.25) is 6.29 Å². The molecule has 1 saturated carbocycles. The molecule has 1 unspecified atom stereocenters. The molecule has 3 aromatic rings. The summed E-state index contributed by atoms with van der Waals surface area (Å²) in [7, 11) is 1.28. The first-order chi connectivity index (χ1) is 17.7. The first-order valence-corrected chi connectivity index (χ1v) is 12.8. The molecule has 1 amide bonds. The van der Waals surface area contributed by atoms with E-state index in [2.05, 4.69) is 10.6 Å². The second-order valence-corrected chi connectivity index (χ2v) is 10.3. The van der Waals surface area contributed by atoms with Gasteiger partial charge in [0.25, 0.3) is 5.56 Å². The lowest BCUT2D eigenvalue weighted by atomic mass is 9.95. The number of nitrogens with one attached hydrogen (secondary N) is 2. The molecular weight excluding hydrogens is 592 g/mol. The van der Waals surface area contributed by atoms with Crippen molar-refractivity contribution in [1.29, 1.82) is 0 Å². The molecule has 1 fully saturated rings. The van der Waals surface area contributed by atoms with Crippen molar-refractivity contribution < 1.29 is 23.8 Å². The third-order valence-electron chi connectivity index (χ3n) is 6.54. The van der Waals surface area contributed by atoms with E-state index >= 15 is 0 Å². The quantitative estimate of drug-likeness (QED) is 0.321. The number of hydrogen-bond acceptors (Lipinski definition) is 6. The number of carbonyl (C=O) groups excluding carboxylic acids is 1. The van der Waals surface area contributed by atoms with Gasteiger partial charge in [-0.1, -0.05) is 12.1 Å². The summed E-state index contributed by atoms with van der Waals surface area (Å²) < 4.78 is 27.9. The van der Waals surface area contributed by atoms with Gasteiger partial charge in [0.05, 0.1) is 18.5 Å². The molecule has 0 bridgehead atoms. The van der Waals surface area contributed by atoms with Gasteiger partial charge in [0.15, 0.2) is 0 Å². The molecule has 5 rings (SSSR count). The van der Waals surface area contributed by atoms with E-state index in [4.69, 9.17) is 9.47 Å². The Hall–Kier alpha value is -3.38. The van der Waals surface area contributed by atoms with Crippen molar-refractivity contribution in [2.24, 2.45) is 0 Å². The average molecular weight is 617 g/mol. The minimum atomic E-state index is -1.35. The molecule has 1 aliphatic heterocycles. The predicted octanol–water partition coefficient (Wildman–Crippen LogP) is 5.63. The monoisotopic (exact) mass is 617 g/mol. The van der Waals surface area contributed by atoms with Crippen molar-refractivity contribution in [3.63, 3.8) is 0 Å². The summed E-state index contributed by atoms with van der Waals surface area (Å²) in [5, 5.41) is 16.5. The van der Waals surface area contributed by atoms with Crippen LogP contribution in [0.25, 0.3) is 16.8 Å². The number of fused-ring (bicyclic) bond motifs is 1. The van der Waals surface area contributed by atoms with Crippen LogP contribution < -0.4 is 20.9 Å². The van der Waals surface area contributed by atoms with Gasteiger partial charge < -0.3 is 24.5 Å². The summed E-state index contributed by atoms with van der Waals surface area (Å²) in [4.78, 5) is 25.7. The first kappa shape index (κ1) is 25.3. The van der Waals surface area contributed by atoms with Crippen LogP contribution in [0.15, 0.2) is 52.8 Å². The molecule has 1 atom stereocenters. The fourth-order valence-electron chi connectivity index (χ4n) is 4.56. The van der Waals surface area contributed by atoms with Crippen LogP contribution in [0.2, 0.25) is 0 Å². The zero-order valence-electron chi connectivity index (χ0n) is 20.4. The highest BCUT2D eigenvalue weighted by Gasteiger charge is 2.36. The summed E-state index contributed by atoms with van der Waals surface area (Å²) in [6, 6.07) is 11.8. The molecule has 1 aromatic heterocycles. The Bertz CT molecular complexity index is 1510. The highest BCUT2D eigenvalue weighted by molar-refractivity contribution is 14.1. The number of benzene rings is 2. The van der Waals surface area contributed by atoms with Crippen molar-refractivity contribution in [3.8, 4) is 16.9 Å². The Morgan fingerprint density at radius 3 is 2.62 bits per heavy atom. The molecule has 2 aromatic carbocycles. The maximum absolute atomic E-state index is 14.8. The third-order valence-corrected chi connectivity index (χ3v) is 7.21. The molecule has 0 radical (unpaired) electrons. The van der Waals surface area contributed by atoms with E-state index in [9.17, 15) is 19.1 Å². The fraction of sp³-hybridized carbons (Fsp3) is 0.259. The normalized spacial score (nSPS) is 16.6. The number of carbonyl (C=O) groups is 1. The van der Waals surface area contributed by atoms with Crippen molar-refractivity contribution in [3.05, 3.63) is 79.0 Å². The maximum atomic E-state index is 14.8. The number of hydrogen-bond donors (Lipinski definition) is 3. The largest absolute Gasteiger partial charge is 0.459 e. The number of halogens is 2. The van der Waals surface area contributed by atoms with Crippen molar-refractivity contribution in [2.45, 2.75) is 39.0 Å². The molecule has 2 aliphatic rings. The smallest absolute Gasteiger partial charge is 0.411 e. The molecule has 1 aliphatic carbocycles. The van der Waals surface area contributed by atoms with Gasteiger partial charge in [0.1, 0.15) is 17.1 Å². The highest BCUT2D eigenvalue weighted by Crippen LogP contribution is 2.45.